The van der Waals surface area contributed by atoms with Gasteiger partial charge in [-0.05, 0) is 18.2 Å². The van der Waals surface area contributed by atoms with Crippen molar-refractivity contribution in [3.63, 3.8) is 0 Å². The Morgan fingerprint density at radius 3 is 2.62 bits per heavy atom. The molecule has 0 saturated carbocycles. The summed E-state index contributed by atoms with van der Waals surface area (Å²) in [4.78, 5) is 14.4. The predicted molar refractivity (Wildman–Crippen MR) is 75.6 cm³/mol. The Morgan fingerprint density at radius 2 is 1.90 bits per heavy atom. The van der Waals surface area contributed by atoms with E-state index in [0.717, 1.165) is 6.07 Å². The summed E-state index contributed by atoms with van der Waals surface area (Å²) in [6.07, 6.45) is 0.623. The molecule has 0 radical (unpaired) electrons. The summed E-state index contributed by atoms with van der Waals surface area (Å²) in [5.74, 6) is -1.43. The van der Waals surface area contributed by atoms with Crippen LogP contribution in [0, 0.1) is 11.6 Å². The quantitative estimate of drug-likeness (QED) is 0.741. The number of benzene rings is 2. The van der Waals surface area contributed by atoms with Gasteiger partial charge in [-0.15, -0.1) is 0 Å². The molecule has 0 bridgehead atoms. The molecule has 3 nitrogen and oxygen atoms in total. The minimum absolute atomic E-state index is 0.00959. The lowest BCUT2D eigenvalue weighted by Gasteiger charge is -2.02. The van der Waals surface area contributed by atoms with Crippen LogP contribution < -0.4 is 4.74 Å². The minimum Gasteiger partial charge on any atom is -0.495 e. The molecule has 0 saturated heterocycles. The van der Waals surface area contributed by atoms with Crippen LogP contribution in [-0.4, -0.2) is 18.4 Å². The molecule has 3 aromatic rings. The Balaban J connectivity index is 2.37. The number of aromatic nitrogens is 1. The molecule has 1 heterocycles. The molecule has 21 heavy (non-hydrogen) atoms. The topological polar surface area (TPSA) is 42.1 Å². The van der Waals surface area contributed by atoms with Crippen LogP contribution in [-0.2, 0) is 0 Å². The van der Waals surface area contributed by atoms with Crippen LogP contribution in [0.4, 0.5) is 8.78 Å². The molecule has 5 heteroatoms. The molecule has 3 rings (SSSR count). The lowest BCUT2D eigenvalue weighted by atomic mass is 10.1. The van der Waals surface area contributed by atoms with Crippen molar-refractivity contribution in [2.24, 2.45) is 0 Å². The van der Waals surface area contributed by atoms with Gasteiger partial charge in [0.25, 0.3) is 0 Å². The van der Waals surface area contributed by atoms with Crippen molar-refractivity contribution < 1.29 is 18.3 Å². The number of ether oxygens (including phenoxy) is 1. The van der Waals surface area contributed by atoms with E-state index >= 15 is 0 Å². The first-order valence-electron chi connectivity index (χ1n) is 6.25. The largest absolute Gasteiger partial charge is 0.495 e. The summed E-state index contributed by atoms with van der Waals surface area (Å²) in [6, 6.07) is 9.02. The molecule has 0 aliphatic carbocycles. The first kappa shape index (κ1) is 13.3. The minimum atomic E-state index is -0.994. The highest BCUT2D eigenvalue weighted by Crippen LogP contribution is 2.35. The number of carbonyl (C=O) groups is 1. The average molecular weight is 287 g/mol. The first-order chi connectivity index (χ1) is 10.2. The predicted octanol–water partition coefficient (Wildman–Crippen LogP) is 3.93. The van der Waals surface area contributed by atoms with E-state index in [2.05, 4.69) is 4.98 Å². The zero-order valence-corrected chi connectivity index (χ0v) is 11.1. The van der Waals surface area contributed by atoms with Gasteiger partial charge in [-0.3, -0.25) is 4.79 Å². The summed E-state index contributed by atoms with van der Waals surface area (Å²) in [5, 5.41) is 0.600. The number of hydrogen-bond acceptors (Lipinski definition) is 2. The van der Waals surface area contributed by atoms with E-state index < -0.39 is 11.6 Å². The number of halogens is 2. The van der Waals surface area contributed by atoms with Gasteiger partial charge in [-0.1, -0.05) is 18.2 Å². The third-order valence-corrected chi connectivity index (χ3v) is 3.39. The van der Waals surface area contributed by atoms with Gasteiger partial charge in [-0.2, -0.15) is 0 Å². The zero-order valence-electron chi connectivity index (χ0n) is 11.1. The average Bonchev–Trinajstić information content (AvgIpc) is 2.88. The van der Waals surface area contributed by atoms with Crippen molar-refractivity contribution in [1.82, 2.24) is 4.98 Å². The normalized spacial score (nSPS) is 10.8. The number of methoxy groups -OCH3 is 1. The molecule has 0 unspecified atom stereocenters. The number of carbonyl (C=O) groups excluding carboxylic acids is 1. The van der Waals surface area contributed by atoms with Crippen molar-refractivity contribution in [3.05, 3.63) is 53.6 Å². The van der Waals surface area contributed by atoms with Crippen molar-refractivity contribution >= 4 is 17.2 Å². The van der Waals surface area contributed by atoms with E-state index in [9.17, 15) is 13.6 Å². The molecule has 0 amide bonds. The van der Waals surface area contributed by atoms with Gasteiger partial charge >= 0.3 is 0 Å². The second-order valence-electron chi connectivity index (χ2n) is 4.52. The molecule has 1 aromatic heterocycles. The highest BCUT2D eigenvalue weighted by Gasteiger charge is 2.19. The van der Waals surface area contributed by atoms with Crippen molar-refractivity contribution in [1.29, 1.82) is 0 Å². The Kier molecular flexibility index (Phi) is 3.17. The van der Waals surface area contributed by atoms with E-state index in [4.69, 9.17) is 4.74 Å². The second kappa shape index (κ2) is 5.01. The highest BCUT2D eigenvalue weighted by molar-refractivity contribution is 6.06. The molecule has 0 atom stereocenters. The molecular formula is C16H11F2NO2. The summed E-state index contributed by atoms with van der Waals surface area (Å²) in [5.41, 5.74) is 1.09. The Hall–Kier alpha value is -2.69. The van der Waals surface area contributed by atoms with Crippen LogP contribution in [0.1, 0.15) is 10.4 Å². The van der Waals surface area contributed by atoms with Crippen LogP contribution in [0.25, 0.3) is 22.2 Å². The molecular weight excluding hydrogens is 276 g/mol. The molecule has 0 spiro atoms. The van der Waals surface area contributed by atoms with Crippen LogP contribution in [0.2, 0.25) is 0 Å². The molecule has 0 aliphatic heterocycles. The van der Waals surface area contributed by atoms with E-state index in [-0.39, 0.29) is 16.8 Å². The molecule has 1 N–H and O–H groups in total. The number of H-pyrrole nitrogens is 1. The number of nitrogens with one attached hydrogen (secondary N) is 1. The first-order valence-corrected chi connectivity index (χ1v) is 6.25. The molecule has 0 aliphatic rings. The van der Waals surface area contributed by atoms with E-state index in [1.807, 2.05) is 0 Å². The Morgan fingerprint density at radius 1 is 1.14 bits per heavy atom. The lowest BCUT2D eigenvalue weighted by Crippen LogP contribution is -1.92. The Labute approximate surface area is 119 Å². The lowest BCUT2D eigenvalue weighted by molar-refractivity contribution is 0.112. The van der Waals surface area contributed by atoms with E-state index in [1.54, 1.807) is 18.2 Å². The number of para-hydroxylation sites is 1. The summed E-state index contributed by atoms with van der Waals surface area (Å²) in [6.45, 7) is 0. The van der Waals surface area contributed by atoms with Crippen LogP contribution in [0.3, 0.4) is 0 Å². The third kappa shape index (κ3) is 1.98. The number of rotatable bonds is 3. The fourth-order valence-corrected chi connectivity index (χ4v) is 2.41. The maximum Gasteiger partial charge on any atom is 0.168 e. The maximum atomic E-state index is 14.0. The molecule has 106 valence electrons. The highest BCUT2D eigenvalue weighted by atomic mass is 19.2. The van der Waals surface area contributed by atoms with Gasteiger partial charge in [0, 0.05) is 16.5 Å². The monoisotopic (exact) mass is 287 g/mol. The van der Waals surface area contributed by atoms with E-state index in [0.29, 0.717) is 22.9 Å². The van der Waals surface area contributed by atoms with Gasteiger partial charge in [0.1, 0.15) is 5.75 Å². The van der Waals surface area contributed by atoms with Crippen molar-refractivity contribution in [2.45, 2.75) is 0 Å². The Bertz CT molecular complexity index is 840. The SMILES string of the molecule is COc1cccc2c(C=O)c(-c3cccc(F)c3F)[nH]c12. The van der Waals surface area contributed by atoms with Gasteiger partial charge < -0.3 is 9.72 Å². The van der Waals surface area contributed by atoms with Crippen molar-refractivity contribution in [2.75, 3.05) is 7.11 Å². The smallest absolute Gasteiger partial charge is 0.168 e. The molecule has 0 fully saturated rings. The van der Waals surface area contributed by atoms with Crippen LogP contribution in [0.5, 0.6) is 5.75 Å². The fraction of sp³-hybridized carbons (Fsp3) is 0.0625. The summed E-state index contributed by atoms with van der Waals surface area (Å²) < 4.78 is 32.6. The van der Waals surface area contributed by atoms with Gasteiger partial charge in [-0.25, -0.2) is 8.78 Å². The fourth-order valence-electron chi connectivity index (χ4n) is 2.41. The number of hydrogen-bond donors (Lipinski definition) is 1. The van der Waals surface area contributed by atoms with Gasteiger partial charge in [0.15, 0.2) is 17.9 Å². The van der Waals surface area contributed by atoms with Crippen LogP contribution in [0.15, 0.2) is 36.4 Å². The summed E-state index contributed by atoms with van der Waals surface area (Å²) >= 11 is 0. The number of aromatic amines is 1. The van der Waals surface area contributed by atoms with Gasteiger partial charge in [0.2, 0.25) is 0 Å². The third-order valence-electron chi connectivity index (χ3n) is 3.39. The van der Waals surface area contributed by atoms with Crippen molar-refractivity contribution in [3.8, 4) is 17.0 Å². The van der Waals surface area contributed by atoms with Gasteiger partial charge in [0.05, 0.1) is 18.3 Å². The number of fused-ring (bicyclic) bond motifs is 1. The standard InChI is InChI=1S/C16H11F2NO2/c1-21-13-7-3-4-9-11(8-20)15(19-16(9)13)10-5-2-6-12(17)14(10)18/h2-8,19H,1H3. The maximum absolute atomic E-state index is 14.0. The van der Waals surface area contributed by atoms with E-state index in [1.165, 1.54) is 19.2 Å². The second-order valence-corrected chi connectivity index (χ2v) is 4.52. The number of aldehydes is 1. The summed E-state index contributed by atoms with van der Waals surface area (Å²) in [7, 11) is 1.50. The zero-order chi connectivity index (χ0) is 15.0. The molecule has 2 aromatic carbocycles. The van der Waals surface area contributed by atoms with Crippen LogP contribution >= 0.6 is 0 Å².